The number of hydrogen-bond donors (Lipinski definition) is 2. The van der Waals surface area contributed by atoms with Gasteiger partial charge in [-0.15, -0.1) is 0 Å². The summed E-state index contributed by atoms with van der Waals surface area (Å²) < 4.78 is 5.29. The van der Waals surface area contributed by atoms with Crippen LogP contribution in [0.25, 0.3) is 0 Å². The molecule has 0 fully saturated rings. The Morgan fingerprint density at radius 3 is 2.52 bits per heavy atom. The largest absolute Gasteiger partial charge is 0.496 e. The molecule has 3 rings (SSSR count). The summed E-state index contributed by atoms with van der Waals surface area (Å²) in [6, 6.07) is 13.7. The van der Waals surface area contributed by atoms with Crippen molar-refractivity contribution in [3.63, 3.8) is 0 Å². The molecule has 0 unspecified atom stereocenters. The molecular formula is C21H22N4O2. The average Bonchev–Trinajstić information content (AvgIpc) is 2.69. The van der Waals surface area contributed by atoms with Crippen LogP contribution in [0.1, 0.15) is 27.0 Å². The lowest BCUT2D eigenvalue weighted by molar-refractivity contribution is 0.0950. The van der Waals surface area contributed by atoms with E-state index in [2.05, 4.69) is 26.7 Å². The molecule has 0 saturated heterocycles. The van der Waals surface area contributed by atoms with Crippen LogP contribution in [0.2, 0.25) is 0 Å². The Kier molecular flexibility index (Phi) is 5.66. The van der Waals surface area contributed by atoms with Gasteiger partial charge in [-0.05, 0) is 31.5 Å². The first-order chi connectivity index (χ1) is 13.1. The Bertz CT molecular complexity index is 939. The Labute approximate surface area is 158 Å². The van der Waals surface area contributed by atoms with Gasteiger partial charge in [0.2, 0.25) is 5.95 Å². The summed E-state index contributed by atoms with van der Waals surface area (Å²) in [6.45, 7) is 4.44. The minimum Gasteiger partial charge on any atom is -0.496 e. The highest BCUT2D eigenvalue weighted by Crippen LogP contribution is 2.19. The SMILES string of the molecule is COc1ccccc1CNC(=O)c1cnc(Nc2ccc(C)cc2C)nc1. The molecule has 0 bridgehead atoms. The molecule has 0 saturated carbocycles. The third kappa shape index (κ3) is 4.61. The van der Waals surface area contributed by atoms with Crippen molar-refractivity contribution in [3.05, 3.63) is 77.1 Å². The molecule has 3 aromatic rings. The van der Waals surface area contributed by atoms with Gasteiger partial charge in [-0.3, -0.25) is 4.79 Å². The van der Waals surface area contributed by atoms with Crippen LogP contribution in [0.5, 0.6) is 5.75 Å². The second kappa shape index (κ2) is 8.31. The first-order valence-corrected chi connectivity index (χ1v) is 8.63. The zero-order valence-electron chi connectivity index (χ0n) is 15.6. The fourth-order valence-corrected chi connectivity index (χ4v) is 2.71. The van der Waals surface area contributed by atoms with Crippen LogP contribution >= 0.6 is 0 Å². The summed E-state index contributed by atoms with van der Waals surface area (Å²) in [5.41, 5.74) is 4.55. The van der Waals surface area contributed by atoms with E-state index >= 15 is 0 Å². The molecule has 27 heavy (non-hydrogen) atoms. The predicted molar refractivity (Wildman–Crippen MR) is 105 cm³/mol. The molecule has 6 heteroatoms. The molecule has 0 radical (unpaired) electrons. The number of hydrogen-bond acceptors (Lipinski definition) is 5. The molecular weight excluding hydrogens is 340 g/mol. The molecule has 0 aliphatic rings. The molecule has 6 nitrogen and oxygen atoms in total. The first-order valence-electron chi connectivity index (χ1n) is 8.63. The topological polar surface area (TPSA) is 76.1 Å². The van der Waals surface area contributed by atoms with Gasteiger partial charge in [-0.25, -0.2) is 9.97 Å². The van der Waals surface area contributed by atoms with E-state index in [-0.39, 0.29) is 5.91 Å². The van der Waals surface area contributed by atoms with Crippen molar-refractivity contribution in [3.8, 4) is 5.75 Å². The molecule has 2 N–H and O–H groups in total. The van der Waals surface area contributed by atoms with Gasteiger partial charge in [0.05, 0.1) is 12.7 Å². The lowest BCUT2D eigenvalue weighted by Crippen LogP contribution is -2.23. The molecule has 0 atom stereocenters. The minimum absolute atomic E-state index is 0.237. The van der Waals surface area contributed by atoms with Gasteiger partial charge < -0.3 is 15.4 Å². The number of amides is 1. The maximum Gasteiger partial charge on any atom is 0.254 e. The number of nitrogens with one attached hydrogen (secondary N) is 2. The van der Waals surface area contributed by atoms with Crippen molar-refractivity contribution in [1.29, 1.82) is 0 Å². The molecule has 0 spiro atoms. The fourth-order valence-electron chi connectivity index (χ4n) is 2.71. The van der Waals surface area contributed by atoms with Gasteiger partial charge in [0.15, 0.2) is 0 Å². The van der Waals surface area contributed by atoms with Gasteiger partial charge in [0.25, 0.3) is 5.91 Å². The quantitative estimate of drug-likeness (QED) is 0.698. The number of benzene rings is 2. The van der Waals surface area contributed by atoms with E-state index in [9.17, 15) is 4.79 Å². The van der Waals surface area contributed by atoms with E-state index in [4.69, 9.17) is 4.74 Å². The Morgan fingerprint density at radius 2 is 1.81 bits per heavy atom. The van der Waals surface area contributed by atoms with Crippen LogP contribution in [-0.2, 0) is 6.54 Å². The number of aromatic nitrogens is 2. The monoisotopic (exact) mass is 362 g/mol. The summed E-state index contributed by atoms with van der Waals surface area (Å²) in [6.07, 6.45) is 3.02. The van der Waals surface area contributed by atoms with E-state index < -0.39 is 0 Å². The number of methoxy groups -OCH3 is 1. The maximum absolute atomic E-state index is 12.3. The van der Waals surface area contributed by atoms with Crippen molar-refractivity contribution in [1.82, 2.24) is 15.3 Å². The smallest absolute Gasteiger partial charge is 0.254 e. The molecule has 1 aromatic heterocycles. The number of carbonyl (C=O) groups excluding carboxylic acids is 1. The molecule has 138 valence electrons. The zero-order chi connectivity index (χ0) is 19.2. The van der Waals surface area contributed by atoms with Crippen molar-refractivity contribution in [2.24, 2.45) is 0 Å². The average molecular weight is 362 g/mol. The van der Waals surface area contributed by atoms with Crippen molar-refractivity contribution in [2.45, 2.75) is 20.4 Å². The van der Waals surface area contributed by atoms with Gasteiger partial charge in [-0.2, -0.15) is 0 Å². The number of nitrogens with zero attached hydrogens (tertiary/aromatic N) is 2. The predicted octanol–water partition coefficient (Wildman–Crippen LogP) is 3.78. The highest BCUT2D eigenvalue weighted by Gasteiger charge is 2.09. The normalized spacial score (nSPS) is 10.3. The van der Waals surface area contributed by atoms with E-state index in [0.717, 1.165) is 22.6 Å². The highest BCUT2D eigenvalue weighted by atomic mass is 16.5. The van der Waals surface area contributed by atoms with Crippen LogP contribution in [-0.4, -0.2) is 23.0 Å². The molecule has 1 heterocycles. The van der Waals surface area contributed by atoms with Crippen LogP contribution in [0.3, 0.4) is 0 Å². The third-order valence-corrected chi connectivity index (χ3v) is 4.17. The Hall–Kier alpha value is -3.41. The Balaban J connectivity index is 1.63. The lowest BCUT2D eigenvalue weighted by Gasteiger charge is -2.10. The molecule has 0 aliphatic carbocycles. The fraction of sp³-hybridized carbons (Fsp3) is 0.190. The third-order valence-electron chi connectivity index (χ3n) is 4.17. The summed E-state index contributed by atoms with van der Waals surface area (Å²) in [5.74, 6) is 0.948. The van der Waals surface area contributed by atoms with Gasteiger partial charge in [0, 0.05) is 30.2 Å². The van der Waals surface area contributed by atoms with Crippen molar-refractivity contribution < 1.29 is 9.53 Å². The molecule has 2 aromatic carbocycles. The summed E-state index contributed by atoms with van der Waals surface area (Å²) in [7, 11) is 1.61. The highest BCUT2D eigenvalue weighted by molar-refractivity contribution is 5.93. The first kappa shape index (κ1) is 18.4. The number of aryl methyl sites for hydroxylation is 2. The number of ether oxygens (including phenoxy) is 1. The van der Waals surface area contributed by atoms with E-state index in [0.29, 0.717) is 18.1 Å². The molecule has 1 amide bonds. The summed E-state index contributed by atoms with van der Waals surface area (Å²) >= 11 is 0. The lowest BCUT2D eigenvalue weighted by atomic mass is 10.1. The number of para-hydroxylation sites is 1. The summed E-state index contributed by atoms with van der Waals surface area (Å²) in [4.78, 5) is 20.8. The number of carbonyl (C=O) groups is 1. The van der Waals surface area contributed by atoms with Crippen LogP contribution in [0.4, 0.5) is 11.6 Å². The van der Waals surface area contributed by atoms with E-state index in [1.54, 1.807) is 7.11 Å². The van der Waals surface area contributed by atoms with E-state index in [1.807, 2.05) is 50.2 Å². The maximum atomic E-state index is 12.3. The standard InChI is InChI=1S/C21H22N4O2/c1-14-8-9-18(15(2)10-14)25-21-23-12-17(13-24-21)20(26)22-11-16-6-4-5-7-19(16)27-3/h4-10,12-13H,11H2,1-3H3,(H,22,26)(H,23,24,25). The van der Waals surface area contributed by atoms with Crippen molar-refractivity contribution in [2.75, 3.05) is 12.4 Å². The second-order valence-electron chi connectivity index (χ2n) is 6.23. The number of anilines is 2. The van der Waals surface area contributed by atoms with Crippen LogP contribution < -0.4 is 15.4 Å². The van der Waals surface area contributed by atoms with Gasteiger partial charge in [0.1, 0.15) is 5.75 Å². The second-order valence-corrected chi connectivity index (χ2v) is 6.23. The molecule has 0 aliphatic heterocycles. The van der Waals surface area contributed by atoms with Gasteiger partial charge >= 0.3 is 0 Å². The zero-order valence-corrected chi connectivity index (χ0v) is 15.6. The Morgan fingerprint density at radius 1 is 1.07 bits per heavy atom. The van der Waals surface area contributed by atoms with Crippen LogP contribution in [0.15, 0.2) is 54.9 Å². The summed E-state index contributed by atoms with van der Waals surface area (Å²) in [5, 5.41) is 6.02. The van der Waals surface area contributed by atoms with Crippen molar-refractivity contribution >= 4 is 17.5 Å². The van der Waals surface area contributed by atoms with Crippen LogP contribution in [0, 0.1) is 13.8 Å². The van der Waals surface area contributed by atoms with Gasteiger partial charge in [-0.1, -0.05) is 35.9 Å². The number of rotatable bonds is 6. The minimum atomic E-state index is -0.237. The van der Waals surface area contributed by atoms with E-state index in [1.165, 1.54) is 18.0 Å².